The van der Waals surface area contributed by atoms with Crippen molar-refractivity contribution in [3.63, 3.8) is 0 Å². The molecule has 4 heteroatoms. The van der Waals surface area contributed by atoms with Crippen LogP contribution in [0.3, 0.4) is 0 Å². The molecule has 0 fully saturated rings. The molecule has 0 saturated heterocycles. The van der Waals surface area contributed by atoms with E-state index in [9.17, 15) is 0 Å². The molecule has 0 aromatic heterocycles. The van der Waals surface area contributed by atoms with Crippen LogP contribution in [0.1, 0.15) is 33.6 Å². The lowest BCUT2D eigenvalue weighted by atomic mass is 10.4. The molecule has 0 aromatic rings. The van der Waals surface area contributed by atoms with Crippen LogP contribution in [0.25, 0.3) is 0 Å². The third kappa shape index (κ3) is 152. The Morgan fingerprint density at radius 3 is 1.50 bits per heavy atom. The Morgan fingerprint density at radius 2 is 1.50 bits per heavy atom. The highest BCUT2D eigenvalue weighted by atomic mass is 35.5. The highest BCUT2D eigenvalue weighted by Gasteiger charge is 1.69. The molecule has 0 aliphatic heterocycles. The fourth-order valence-corrected chi connectivity index (χ4v) is 0.158. The number of unbranched alkanes of at least 4 members (excludes halogenated alkanes) is 1. The molecule has 0 aliphatic carbocycles. The summed E-state index contributed by atoms with van der Waals surface area (Å²) in [5.41, 5.74) is 0. The third-order valence-corrected chi connectivity index (χ3v) is 0.512. The second-order valence-corrected chi connectivity index (χ2v) is 3.08. The fraction of sp³-hybridized carbons (Fsp3) is 1.00. The van der Waals surface area contributed by atoms with Gasteiger partial charge in [0, 0.05) is 12.7 Å². The zero-order valence-corrected chi connectivity index (χ0v) is 9.57. The van der Waals surface area contributed by atoms with Gasteiger partial charge in [-0.3, -0.25) is 0 Å². The third-order valence-electron chi connectivity index (χ3n) is 0.512. The van der Waals surface area contributed by atoms with Crippen molar-refractivity contribution in [2.75, 3.05) is 11.9 Å². The summed E-state index contributed by atoms with van der Waals surface area (Å²) in [4.78, 5) is 0. The average Bonchev–Trinajstić information content (AvgIpc) is 1.89. The molecule has 0 spiro atoms. The Balaban J connectivity index is -0.000000105. The van der Waals surface area contributed by atoms with Gasteiger partial charge in [-0.05, 0) is 20.3 Å². The molecular weight excluding hydrogens is 199 g/mol. The van der Waals surface area contributed by atoms with E-state index in [-0.39, 0.29) is 11.4 Å². The minimum Gasteiger partial charge on any atom is -0.396 e. The van der Waals surface area contributed by atoms with E-state index < -0.39 is 0 Å². The van der Waals surface area contributed by atoms with Crippen molar-refractivity contribution < 1.29 is 10.2 Å². The van der Waals surface area contributed by atoms with Crippen LogP contribution in [0.2, 0.25) is 0 Å². The first-order valence-corrected chi connectivity index (χ1v) is 5.04. The van der Waals surface area contributed by atoms with E-state index in [0.29, 0.717) is 6.61 Å². The Morgan fingerprint density at radius 1 is 1.25 bits per heavy atom. The van der Waals surface area contributed by atoms with Crippen LogP contribution in [0.15, 0.2) is 0 Å². The van der Waals surface area contributed by atoms with Crippen LogP contribution in [0.4, 0.5) is 0 Å². The predicted molar refractivity (Wildman–Crippen MR) is 55.9 cm³/mol. The Kier molecular flexibility index (Phi) is 34.4. The molecule has 0 radical (unpaired) electrons. The van der Waals surface area contributed by atoms with E-state index in [1.165, 1.54) is 0 Å². The predicted octanol–water partition coefficient (Wildman–Crippen LogP) is 2.59. The molecule has 2 nitrogen and oxygen atoms in total. The standard InChI is InChI=1S/C4H10O.C3H8O.CH2Cl2/c1-2-3-4-5;1-3(2)4;2-1-3/h5H,2-4H2,1H3;3-4H,1-2H3;1H2. The summed E-state index contributed by atoms with van der Waals surface area (Å²) in [7, 11) is 0. The van der Waals surface area contributed by atoms with Gasteiger partial charge in [-0.1, -0.05) is 13.3 Å². The first-order valence-electron chi connectivity index (χ1n) is 3.97. The van der Waals surface area contributed by atoms with E-state index in [1.807, 2.05) is 0 Å². The zero-order chi connectivity index (χ0) is 10.4. The topological polar surface area (TPSA) is 40.5 Å². The van der Waals surface area contributed by atoms with Crippen LogP contribution < -0.4 is 0 Å². The molecule has 2 N–H and O–H groups in total. The van der Waals surface area contributed by atoms with E-state index in [2.05, 4.69) is 6.92 Å². The molecule has 0 bridgehead atoms. The van der Waals surface area contributed by atoms with Gasteiger partial charge >= 0.3 is 0 Å². The Labute approximate surface area is 85.5 Å². The molecule has 12 heavy (non-hydrogen) atoms. The Bertz CT molecular complexity index is 47.6. The van der Waals surface area contributed by atoms with Gasteiger partial charge in [-0.25, -0.2) is 0 Å². The first-order chi connectivity index (χ1) is 5.56. The summed E-state index contributed by atoms with van der Waals surface area (Å²) in [5, 5.41) is 16.3. The lowest BCUT2D eigenvalue weighted by Gasteiger charge is -1.80. The normalized spacial score (nSPS) is 8.00. The summed E-state index contributed by atoms with van der Waals surface area (Å²) in [6, 6.07) is 0. The number of alkyl halides is 2. The molecule has 0 saturated carbocycles. The Hall–Kier alpha value is 0.500. The number of aliphatic hydroxyl groups excluding tert-OH is 2. The monoisotopic (exact) mass is 218 g/mol. The summed E-state index contributed by atoms with van der Waals surface area (Å²) in [5.74, 6) is 0. The number of aliphatic hydroxyl groups is 2. The van der Waals surface area contributed by atoms with Gasteiger partial charge in [0.25, 0.3) is 0 Å². The highest BCUT2D eigenvalue weighted by Crippen LogP contribution is 1.78. The lowest BCUT2D eigenvalue weighted by Crippen LogP contribution is -1.85. The molecule has 0 amide bonds. The van der Waals surface area contributed by atoms with Crippen molar-refractivity contribution in [2.45, 2.75) is 39.7 Å². The lowest BCUT2D eigenvalue weighted by molar-refractivity contribution is 0.216. The molecule has 0 atom stereocenters. The van der Waals surface area contributed by atoms with E-state index >= 15 is 0 Å². The number of halogens is 2. The summed E-state index contributed by atoms with van der Waals surface area (Å²) >= 11 is 9.53. The minimum absolute atomic E-state index is 0.167. The largest absolute Gasteiger partial charge is 0.396 e. The van der Waals surface area contributed by atoms with Crippen molar-refractivity contribution in [3.8, 4) is 0 Å². The SMILES string of the molecule is CC(C)O.CCCCO.ClCCl. The molecule has 0 rings (SSSR count). The van der Waals surface area contributed by atoms with Gasteiger partial charge in [-0.15, -0.1) is 23.2 Å². The van der Waals surface area contributed by atoms with Crippen LogP contribution in [-0.4, -0.2) is 28.3 Å². The van der Waals surface area contributed by atoms with E-state index in [1.54, 1.807) is 13.8 Å². The van der Waals surface area contributed by atoms with Gasteiger partial charge in [0.2, 0.25) is 0 Å². The molecule has 0 aromatic carbocycles. The van der Waals surface area contributed by atoms with Crippen LogP contribution in [-0.2, 0) is 0 Å². The molecule has 78 valence electrons. The van der Waals surface area contributed by atoms with Gasteiger partial charge in [0.1, 0.15) is 0 Å². The van der Waals surface area contributed by atoms with E-state index in [0.717, 1.165) is 12.8 Å². The second-order valence-electron chi connectivity index (χ2n) is 2.27. The molecular formula is C8H20Cl2O2. The second kappa shape index (κ2) is 22.5. The van der Waals surface area contributed by atoms with Gasteiger partial charge in [0.15, 0.2) is 0 Å². The number of rotatable bonds is 2. The maximum absolute atomic E-state index is 8.07. The van der Waals surface area contributed by atoms with Crippen LogP contribution in [0, 0.1) is 0 Å². The number of hydrogen-bond donors (Lipinski definition) is 2. The average molecular weight is 219 g/mol. The molecule has 0 aliphatic rings. The van der Waals surface area contributed by atoms with Gasteiger partial charge in [-0.2, -0.15) is 0 Å². The summed E-state index contributed by atoms with van der Waals surface area (Å²) in [6.45, 7) is 5.84. The highest BCUT2D eigenvalue weighted by molar-refractivity contribution is 6.40. The first kappa shape index (κ1) is 18.3. The maximum Gasteiger partial charge on any atom is 0.0967 e. The number of hydrogen-bond acceptors (Lipinski definition) is 2. The van der Waals surface area contributed by atoms with Crippen molar-refractivity contribution in [1.29, 1.82) is 0 Å². The fourth-order valence-electron chi connectivity index (χ4n) is 0.158. The van der Waals surface area contributed by atoms with Crippen LogP contribution >= 0.6 is 23.2 Å². The quantitative estimate of drug-likeness (QED) is 0.701. The van der Waals surface area contributed by atoms with Crippen molar-refractivity contribution in [3.05, 3.63) is 0 Å². The van der Waals surface area contributed by atoms with Gasteiger partial charge < -0.3 is 10.2 Å². The van der Waals surface area contributed by atoms with Crippen molar-refractivity contribution >= 4 is 23.2 Å². The van der Waals surface area contributed by atoms with Gasteiger partial charge in [0.05, 0.1) is 5.34 Å². The maximum atomic E-state index is 8.07. The molecule has 0 heterocycles. The summed E-state index contributed by atoms with van der Waals surface area (Å²) in [6.07, 6.45) is 1.87. The zero-order valence-electron chi connectivity index (χ0n) is 8.06. The van der Waals surface area contributed by atoms with Crippen molar-refractivity contribution in [2.24, 2.45) is 0 Å². The summed E-state index contributed by atoms with van der Waals surface area (Å²) < 4.78 is 0. The molecule has 0 unspecified atom stereocenters. The van der Waals surface area contributed by atoms with Crippen LogP contribution in [0.5, 0.6) is 0 Å². The minimum atomic E-state index is -0.167. The smallest absolute Gasteiger partial charge is 0.0967 e. The van der Waals surface area contributed by atoms with E-state index in [4.69, 9.17) is 33.4 Å². The van der Waals surface area contributed by atoms with Crippen molar-refractivity contribution in [1.82, 2.24) is 0 Å².